The van der Waals surface area contributed by atoms with Crippen LogP contribution in [0.2, 0.25) is 0 Å². The maximum absolute atomic E-state index is 12.9. The van der Waals surface area contributed by atoms with Crippen molar-refractivity contribution in [3.63, 3.8) is 0 Å². The van der Waals surface area contributed by atoms with Crippen molar-refractivity contribution in [1.29, 1.82) is 0 Å². The van der Waals surface area contributed by atoms with Crippen molar-refractivity contribution in [1.82, 2.24) is 0 Å². The van der Waals surface area contributed by atoms with E-state index in [1.54, 1.807) is 12.1 Å². The second-order valence-electron chi connectivity index (χ2n) is 6.31. The molecule has 1 aromatic rings. The Morgan fingerprint density at radius 2 is 1.78 bits per heavy atom. The minimum absolute atomic E-state index is 0.142. The van der Waals surface area contributed by atoms with Gasteiger partial charge in [-0.3, -0.25) is 0 Å². The highest BCUT2D eigenvalue weighted by Crippen LogP contribution is 2.49. The smallest absolute Gasteiger partial charge is 0.123 e. The molecule has 2 fully saturated rings. The third-order valence-corrected chi connectivity index (χ3v) is 4.96. The van der Waals surface area contributed by atoms with Gasteiger partial charge in [0, 0.05) is 18.8 Å². The molecular weight excluding hydrogens is 225 g/mol. The molecule has 1 saturated carbocycles. The summed E-state index contributed by atoms with van der Waals surface area (Å²) in [7, 11) is 0. The molecule has 1 spiro atoms. The lowest BCUT2D eigenvalue weighted by Crippen LogP contribution is -2.39. The first kappa shape index (κ1) is 12.0. The third kappa shape index (κ3) is 2.25. The van der Waals surface area contributed by atoms with Gasteiger partial charge in [-0.05, 0) is 61.3 Å². The zero-order valence-electron chi connectivity index (χ0n) is 11.2. The van der Waals surface area contributed by atoms with E-state index in [0.717, 1.165) is 19.0 Å². The van der Waals surface area contributed by atoms with E-state index in [2.05, 4.69) is 11.8 Å². The average molecular weight is 247 g/mol. The molecular formula is C16H22FN. The van der Waals surface area contributed by atoms with E-state index in [9.17, 15) is 4.39 Å². The summed E-state index contributed by atoms with van der Waals surface area (Å²) in [6.07, 6.45) is 6.88. The van der Waals surface area contributed by atoms with E-state index in [0.29, 0.717) is 5.41 Å². The molecule has 18 heavy (non-hydrogen) atoms. The summed E-state index contributed by atoms with van der Waals surface area (Å²) in [6.45, 7) is 4.66. The first-order valence-corrected chi connectivity index (χ1v) is 7.17. The number of piperidine rings is 1. The number of hydrogen-bond acceptors (Lipinski definition) is 1. The fourth-order valence-corrected chi connectivity index (χ4v) is 3.84. The molecule has 3 rings (SSSR count). The minimum atomic E-state index is -0.142. The Bertz CT molecular complexity index is 404. The van der Waals surface area contributed by atoms with Gasteiger partial charge in [0.05, 0.1) is 0 Å². The average Bonchev–Trinajstić information content (AvgIpc) is 2.73. The van der Waals surface area contributed by atoms with Crippen LogP contribution in [0, 0.1) is 17.2 Å². The second-order valence-corrected chi connectivity index (χ2v) is 6.31. The summed E-state index contributed by atoms with van der Waals surface area (Å²) in [4.78, 5) is 2.41. The van der Waals surface area contributed by atoms with E-state index >= 15 is 0 Å². The van der Waals surface area contributed by atoms with Crippen LogP contribution in [0.4, 0.5) is 10.1 Å². The normalized spacial score (nSPS) is 26.8. The lowest BCUT2D eigenvalue weighted by molar-refractivity contribution is 0.219. The Kier molecular flexibility index (Phi) is 3.04. The van der Waals surface area contributed by atoms with Gasteiger partial charge in [-0.25, -0.2) is 4.39 Å². The Hall–Kier alpha value is -1.05. The quantitative estimate of drug-likeness (QED) is 0.717. The molecule has 1 aliphatic carbocycles. The molecule has 0 aromatic heterocycles. The summed E-state index contributed by atoms with van der Waals surface area (Å²) >= 11 is 0. The lowest BCUT2D eigenvalue weighted by Gasteiger charge is -2.40. The molecule has 1 nitrogen and oxygen atoms in total. The summed E-state index contributed by atoms with van der Waals surface area (Å²) < 4.78 is 12.9. The van der Waals surface area contributed by atoms with Crippen LogP contribution in [-0.2, 0) is 0 Å². The maximum Gasteiger partial charge on any atom is 0.123 e. The van der Waals surface area contributed by atoms with Gasteiger partial charge < -0.3 is 4.90 Å². The van der Waals surface area contributed by atoms with Crippen LogP contribution in [0.3, 0.4) is 0 Å². The van der Waals surface area contributed by atoms with Crippen molar-refractivity contribution in [2.75, 3.05) is 18.0 Å². The van der Waals surface area contributed by atoms with Gasteiger partial charge in [-0.2, -0.15) is 0 Å². The largest absolute Gasteiger partial charge is 0.371 e. The molecule has 2 heteroatoms. The van der Waals surface area contributed by atoms with E-state index in [1.807, 2.05) is 12.1 Å². The van der Waals surface area contributed by atoms with Gasteiger partial charge in [0.25, 0.3) is 0 Å². The molecule has 1 unspecified atom stereocenters. The number of hydrogen-bond donors (Lipinski definition) is 0. The van der Waals surface area contributed by atoms with E-state index in [4.69, 9.17) is 0 Å². The first-order valence-electron chi connectivity index (χ1n) is 7.17. The Morgan fingerprint density at radius 3 is 2.33 bits per heavy atom. The fourth-order valence-electron chi connectivity index (χ4n) is 3.84. The van der Waals surface area contributed by atoms with Crippen LogP contribution in [-0.4, -0.2) is 13.1 Å². The van der Waals surface area contributed by atoms with Crippen molar-refractivity contribution < 1.29 is 4.39 Å². The van der Waals surface area contributed by atoms with Gasteiger partial charge >= 0.3 is 0 Å². The molecule has 1 atom stereocenters. The maximum atomic E-state index is 12.9. The van der Waals surface area contributed by atoms with Gasteiger partial charge in [-0.15, -0.1) is 0 Å². The number of rotatable bonds is 1. The number of halogens is 1. The monoisotopic (exact) mass is 247 g/mol. The fraction of sp³-hybridized carbons (Fsp3) is 0.625. The second kappa shape index (κ2) is 4.56. The number of nitrogens with zero attached hydrogens (tertiary/aromatic N) is 1. The van der Waals surface area contributed by atoms with E-state index in [1.165, 1.54) is 37.8 Å². The van der Waals surface area contributed by atoms with E-state index < -0.39 is 0 Å². The highest BCUT2D eigenvalue weighted by atomic mass is 19.1. The van der Waals surface area contributed by atoms with Crippen molar-refractivity contribution in [2.45, 2.75) is 39.0 Å². The summed E-state index contributed by atoms with van der Waals surface area (Å²) in [6, 6.07) is 6.95. The molecule has 0 N–H and O–H groups in total. The predicted octanol–water partition coefficient (Wildman–Crippen LogP) is 4.23. The van der Waals surface area contributed by atoms with Gasteiger partial charge in [0.15, 0.2) is 0 Å². The molecule has 1 saturated heterocycles. The van der Waals surface area contributed by atoms with Crippen LogP contribution < -0.4 is 4.90 Å². The molecule has 0 bridgehead atoms. The number of anilines is 1. The highest BCUT2D eigenvalue weighted by molar-refractivity contribution is 5.46. The number of benzene rings is 1. The summed E-state index contributed by atoms with van der Waals surface area (Å²) in [5, 5.41) is 0. The molecule has 0 radical (unpaired) electrons. The molecule has 2 aliphatic rings. The van der Waals surface area contributed by atoms with Crippen LogP contribution in [0.1, 0.15) is 39.0 Å². The molecule has 1 aromatic carbocycles. The van der Waals surface area contributed by atoms with Gasteiger partial charge in [0.1, 0.15) is 5.82 Å². The topological polar surface area (TPSA) is 3.24 Å². The molecule has 1 heterocycles. The minimum Gasteiger partial charge on any atom is -0.371 e. The van der Waals surface area contributed by atoms with Crippen molar-refractivity contribution >= 4 is 5.69 Å². The standard InChI is InChI=1S/C16H22FN/c1-13-6-7-16(12-13)8-10-18(11-9-16)15-4-2-14(17)3-5-15/h2-5,13H,6-12H2,1H3. The first-order chi connectivity index (χ1) is 8.67. The highest BCUT2D eigenvalue weighted by Gasteiger charge is 2.39. The molecule has 98 valence electrons. The van der Waals surface area contributed by atoms with Crippen molar-refractivity contribution in [3.8, 4) is 0 Å². The van der Waals surface area contributed by atoms with Crippen LogP contribution >= 0.6 is 0 Å². The Balaban J connectivity index is 1.65. The van der Waals surface area contributed by atoms with Crippen LogP contribution in [0.5, 0.6) is 0 Å². The van der Waals surface area contributed by atoms with Crippen LogP contribution in [0.15, 0.2) is 24.3 Å². The summed E-state index contributed by atoms with van der Waals surface area (Å²) in [5.41, 5.74) is 1.81. The zero-order valence-corrected chi connectivity index (χ0v) is 11.2. The molecule has 1 aliphatic heterocycles. The predicted molar refractivity (Wildman–Crippen MR) is 73.3 cm³/mol. The van der Waals surface area contributed by atoms with Gasteiger partial charge in [-0.1, -0.05) is 13.3 Å². The lowest BCUT2D eigenvalue weighted by atomic mass is 9.76. The third-order valence-electron chi connectivity index (χ3n) is 4.96. The van der Waals surface area contributed by atoms with Gasteiger partial charge in [0.2, 0.25) is 0 Å². The summed E-state index contributed by atoms with van der Waals surface area (Å²) in [5.74, 6) is 0.777. The SMILES string of the molecule is CC1CCC2(CCN(c3ccc(F)cc3)CC2)C1. The van der Waals surface area contributed by atoms with Crippen molar-refractivity contribution in [2.24, 2.45) is 11.3 Å². The Labute approximate surface area is 109 Å². The van der Waals surface area contributed by atoms with E-state index in [-0.39, 0.29) is 5.82 Å². The van der Waals surface area contributed by atoms with Crippen LogP contribution in [0.25, 0.3) is 0 Å². The zero-order chi connectivity index (χ0) is 12.6. The Morgan fingerprint density at radius 1 is 1.11 bits per heavy atom. The molecule has 0 amide bonds. The van der Waals surface area contributed by atoms with Crippen molar-refractivity contribution in [3.05, 3.63) is 30.1 Å².